The molecular formula is C20H21NO3. The number of carbonyl (C=O) groups excluding carboxylic acids is 2. The molecule has 0 aromatic heterocycles. The quantitative estimate of drug-likeness (QED) is 0.661. The third-order valence-corrected chi connectivity index (χ3v) is 3.60. The van der Waals surface area contributed by atoms with Crippen LogP contribution in [0.2, 0.25) is 0 Å². The van der Waals surface area contributed by atoms with Crippen LogP contribution in [0.3, 0.4) is 0 Å². The molecule has 0 radical (unpaired) electrons. The van der Waals surface area contributed by atoms with E-state index in [4.69, 9.17) is 0 Å². The number of methoxy groups -OCH3 is 1. The molecule has 0 unspecified atom stereocenters. The van der Waals surface area contributed by atoms with Gasteiger partial charge in [-0.05, 0) is 47.4 Å². The summed E-state index contributed by atoms with van der Waals surface area (Å²) in [6, 6.07) is 14.6. The van der Waals surface area contributed by atoms with Crippen LogP contribution < -0.4 is 5.32 Å². The Bertz CT molecular complexity index is 728. The maximum atomic E-state index is 11.9. The highest BCUT2D eigenvalue weighted by atomic mass is 16.5. The predicted octanol–water partition coefficient (Wildman–Crippen LogP) is 4.25. The molecule has 1 amide bonds. The predicted molar refractivity (Wildman–Crippen MR) is 96.0 cm³/mol. The molecule has 0 saturated carbocycles. The lowest BCUT2D eigenvalue weighted by Crippen LogP contribution is -2.08. The third kappa shape index (κ3) is 4.81. The van der Waals surface area contributed by atoms with Crippen LogP contribution in [0.4, 0.5) is 5.69 Å². The molecule has 0 aliphatic carbocycles. The molecule has 4 nitrogen and oxygen atoms in total. The monoisotopic (exact) mass is 323 g/mol. The van der Waals surface area contributed by atoms with Crippen LogP contribution in [-0.2, 0) is 9.53 Å². The molecule has 0 spiro atoms. The summed E-state index contributed by atoms with van der Waals surface area (Å²) >= 11 is 0. The Kier molecular flexibility index (Phi) is 5.90. The minimum atomic E-state index is -0.405. The highest BCUT2D eigenvalue weighted by molar-refractivity contribution is 6.02. The Balaban J connectivity index is 1.96. The topological polar surface area (TPSA) is 55.4 Å². The average Bonchev–Trinajstić information content (AvgIpc) is 2.60. The molecule has 24 heavy (non-hydrogen) atoms. The van der Waals surface area contributed by atoms with E-state index in [0.717, 1.165) is 5.56 Å². The van der Waals surface area contributed by atoms with E-state index in [0.29, 0.717) is 17.2 Å². The van der Waals surface area contributed by atoms with Crippen molar-refractivity contribution in [2.24, 2.45) is 0 Å². The lowest BCUT2D eigenvalue weighted by molar-refractivity contribution is -0.111. The van der Waals surface area contributed by atoms with Gasteiger partial charge in [-0.3, -0.25) is 4.79 Å². The number of hydrogen-bond acceptors (Lipinski definition) is 3. The first-order valence-electron chi connectivity index (χ1n) is 7.77. The van der Waals surface area contributed by atoms with E-state index in [1.165, 1.54) is 18.7 Å². The molecule has 0 saturated heterocycles. The fourth-order valence-corrected chi connectivity index (χ4v) is 2.16. The minimum Gasteiger partial charge on any atom is -0.465 e. The lowest BCUT2D eigenvalue weighted by atomic mass is 10.0. The van der Waals surface area contributed by atoms with Gasteiger partial charge in [-0.15, -0.1) is 0 Å². The maximum absolute atomic E-state index is 11.9. The van der Waals surface area contributed by atoms with Gasteiger partial charge >= 0.3 is 5.97 Å². The summed E-state index contributed by atoms with van der Waals surface area (Å²) in [5, 5.41) is 2.75. The molecular weight excluding hydrogens is 302 g/mol. The number of benzene rings is 2. The van der Waals surface area contributed by atoms with Gasteiger partial charge in [-0.2, -0.15) is 0 Å². The molecule has 2 aromatic carbocycles. The second-order valence-corrected chi connectivity index (χ2v) is 5.71. The van der Waals surface area contributed by atoms with Crippen molar-refractivity contribution in [2.45, 2.75) is 19.8 Å². The van der Waals surface area contributed by atoms with E-state index < -0.39 is 5.97 Å². The van der Waals surface area contributed by atoms with Gasteiger partial charge in [0.1, 0.15) is 0 Å². The lowest BCUT2D eigenvalue weighted by Gasteiger charge is -2.05. The molecule has 1 N–H and O–H groups in total. The zero-order valence-corrected chi connectivity index (χ0v) is 14.1. The van der Waals surface area contributed by atoms with Gasteiger partial charge in [-0.25, -0.2) is 4.79 Å². The molecule has 0 heterocycles. The van der Waals surface area contributed by atoms with Crippen LogP contribution in [0.25, 0.3) is 6.08 Å². The molecule has 2 aromatic rings. The Hall–Kier alpha value is -2.88. The Labute approximate surface area is 142 Å². The third-order valence-electron chi connectivity index (χ3n) is 3.60. The molecule has 0 aliphatic heterocycles. The van der Waals surface area contributed by atoms with E-state index in [1.807, 2.05) is 12.1 Å². The van der Waals surface area contributed by atoms with Gasteiger partial charge in [0.15, 0.2) is 0 Å². The van der Waals surface area contributed by atoms with Crippen LogP contribution in [0, 0.1) is 0 Å². The molecule has 0 atom stereocenters. The van der Waals surface area contributed by atoms with E-state index >= 15 is 0 Å². The number of amides is 1. The maximum Gasteiger partial charge on any atom is 0.337 e. The SMILES string of the molecule is COC(=O)c1ccc(NC(=O)C=Cc2ccc(C(C)C)cc2)cc1. The highest BCUT2D eigenvalue weighted by Gasteiger charge is 2.05. The first-order valence-corrected chi connectivity index (χ1v) is 7.77. The molecule has 2 rings (SSSR count). The number of anilines is 1. The summed E-state index contributed by atoms with van der Waals surface area (Å²) in [6.45, 7) is 4.29. The van der Waals surface area contributed by atoms with Crippen LogP contribution in [0.15, 0.2) is 54.6 Å². The summed E-state index contributed by atoms with van der Waals surface area (Å²) in [4.78, 5) is 23.3. The van der Waals surface area contributed by atoms with Crippen molar-refractivity contribution >= 4 is 23.6 Å². The van der Waals surface area contributed by atoms with Crippen molar-refractivity contribution < 1.29 is 14.3 Å². The Morgan fingerprint density at radius 3 is 2.17 bits per heavy atom. The normalized spacial score (nSPS) is 10.8. The van der Waals surface area contributed by atoms with Gasteiger partial charge in [0.2, 0.25) is 5.91 Å². The summed E-state index contributed by atoms with van der Waals surface area (Å²) in [5.74, 6) is -0.148. The van der Waals surface area contributed by atoms with Crippen molar-refractivity contribution in [3.63, 3.8) is 0 Å². The number of hydrogen-bond donors (Lipinski definition) is 1. The van der Waals surface area contributed by atoms with Crippen molar-refractivity contribution in [3.8, 4) is 0 Å². The fourth-order valence-electron chi connectivity index (χ4n) is 2.16. The summed E-state index contributed by atoms with van der Waals surface area (Å²) in [7, 11) is 1.33. The highest BCUT2D eigenvalue weighted by Crippen LogP contribution is 2.15. The van der Waals surface area contributed by atoms with Crippen molar-refractivity contribution in [1.29, 1.82) is 0 Å². The fraction of sp³-hybridized carbons (Fsp3) is 0.200. The Morgan fingerprint density at radius 2 is 1.62 bits per heavy atom. The average molecular weight is 323 g/mol. The zero-order valence-electron chi connectivity index (χ0n) is 14.1. The van der Waals surface area contributed by atoms with E-state index in [1.54, 1.807) is 30.3 Å². The molecule has 4 heteroatoms. The number of ether oxygens (including phenoxy) is 1. The minimum absolute atomic E-state index is 0.228. The molecule has 0 fully saturated rings. The molecule has 124 valence electrons. The summed E-state index contributed by atoms with van der Waals surface area (Å²) in [6.07, 6.45) is 3.25. The number of esters is 1. The van der Waals surface area contributed by atoms with Gasteiger partial charge in [0.05, 0.1) is 12.7 Å². The van der Waals surface area contributed by atoms with Crippen molar-refractivity contribution in [3.05, 3.63) is 71.3 Å². The van der Waals surface area contributed by atoms with Gasteiger partial charge in [-0.1, -0.05) is 38.1 Å². The van der Waals surface area contributed by atoms with Gasteiger partial charge in [0.25, 0.3) is 0 Å². The first kappa shape index (κ1) is 17.5. The van der Waals surface area contributed by atoms with Crippen LogP contribution in [0.1, 0.15) is 41.3 Å². The van der Waals surface area contributed by atoms with E-state index in [2.05, 4.69) is 36.0 Å². The molecule has 0 aliphatic rings. The van der Waals surface area contributed by atoms with Gasteiger partial charge < -0.3 is 10.1 Å². The first-order chi connectivity index (χ1) is 11.5. The van der Waals surface area contributed by atoms with Crippen LogP contribution in [-0.4, -0.2) is 19.0 Å². The number of nitrogens with one attached hydrogen (secondary N) is 1. The zero-order chi connectivity index (χ0) is 17.5. The number of carbonyl (C=O) groups is 2. The second-order valence-electron chi connectivity index (χ2n) is 5.71. The van der Waals surface area contributed by atoms with Crippen LogP contribution in [0.5, 0.6) is 0 Å². The van der Waals surface area contributed by atoms with Crippen LogP contribution >= 0.6 is 0 Å². The van der Waals surface area contributed by atoms with Gasteiger partial charge in [0, 0.05) is 11.8 Å². The second kappa shape index (κ2) is 8.11. The van der Waals surface area contributed by atoms with E-state index in [-0.39, 0.29) is 5.91 Å². The largest absolute Gasteiger partial charge is 0.465 e. The van der Waals surface area contributed by atoms with Crippen molar-refractivity contribution in [1.82, 2.24) is 0 Å². The summed E-state index contributed by atoms with van der Waals surface area (Å²) < 4.78 is 4.63. The molecule has 0 bridgehead atoms. The smallest absolute Gasteiger partial charge is 0.337 e. The standard InChI is InChI=1S/C20H21NO3/c1-14(2)16-7-4-15(5-8-16)6-13-19(22)21-18-11-9-17(10-12-18)20(23)24-3/h4-14H,1-3H3,(H,21,22). The Morgan fingerprint density at radius 1 is 1.00 bits per heavy atom. The van der Waals surface area contributed by atoms with Crippen molar-refractivity contribution in [2.75, 3.05) is 12.4 Å². The number of rotatable bonds is 5. The summed E-state index contributed by atoms with van der Waals surface area (Å²) in [5.41, 5.74) is 3.29. The van der Waals surface area contributed by atoms with E-state index in [9.17, 15) is 9.59 Å².